The van der Waals surface area contributed by atoms with Crippen molar-refractivity contribution in [2.75, 3.05) is 26.4 Å². The molecule has 0 aromatic heterocycles. The van der Waals surface area contributed by atoms with Gasteiger partial charge in [-0.3, -0.25) is 10.1 Å². The van der Waals surface area contributed by atoms with E-state index in [1.807, 2.05) is 24.3 Å². The number of carbonyl (C=O) groups is 2. The molecule has 11 nitrogen and oxygen atoms in total. The average molecular weight is 637 g/mol. The Labute approximate surface area is 270 Å². The van der Waals surface area contributed by atoms with Gasteiger partial charge in [0.05, 0.1) is 47.9 Å². The lowest BCUT2D eigenvalue weighted by Gasteiger charge is -2.30. The first-order chi connectivity index (χ1) is 22.1. The van der Waals surface area contributed by atoms with E-state index in [9.17, 15) is 19.7 Å². The molecule has 2 aliphatic rings. The van der Waals surface area contributed by atoms with Gasteiger partial charge >= 0.3 is 11.9 Å². The number of dihydropyridines is 1. The molecule has 0 aliphatic carbocycles. The normalized spacial score (nSPS) is 18.3. The summed E-state index contributed by atoms with van der Waals surface area (Å²) in [6, 6.07) is 13.8. The molecule has 0 saturated carbocycles. The predicted molar refractivity (Wildman–Crippen MR) is 171 cm³/mol. The van der Waals surface area contributed by atoms with E-state index in [1.165, 1.54) is 23.8 Å². The molecule has 0 bridgehead atoms. The van der Waals surface area contributed by atoms with E-state index in [0.29, 0.717) is 36.6 Å². The van der Waals surface area contributed by atoms with Crippen LogP contribution in [-0.4, -0.2) is 55.7 Å². The maximum atomic E-state index is 13.5. The first-order valence-corrected chi connectivity index (χ1v) is 15.9. The third kappa shape index (κ3) is 9.64. The lowest BCUT2D eigenvalue weighted by Crippen LogP contribution is -2.33. The van der Waals surface area contributed by atoms with Gasteiger partial charge in [0.2, 0.25) is 0 Å². The van der Waals surface area contributed by atoms with Crippen molar-refractivity contribution in [2.24, 2.45) is 0 Å². The van der Waals surface area contributed by atoms with Gasteiger partial charge in [0.15, 0.2) is 6.29 Å². The molecular formula is C35H44N2O9. The number of rotatable bonds is 15. The van der Waals surface area contributed by atoms with Crippen LogP contribution in [0.5, 0.6) is 5.75 Å². The van der Waals surface area contributed by atoms with E-state index in [1.54, 1.807) is 33.8 Å². The van der Waals surface area contributed by atoms with Crippen LogP contribution in [0, 0.1) is 10.1 Å². The molecule has 2 heterocycles. The van der Waals surface area contributed by atoms with E-state index in [0.717, 1.165) is 44.5 Å². The predicted octanol–water partition coefficient (Wildman–Crippen LogP) is 6.27. The molecule has 0 spiro atoms. The van der Waals surface area contributed by atoms with Gasteiger partial charge in [0.25, 0.3) is 5.69 Å². The van der Waals surface area contributed by atoms with Crippen LogP contribution >= 0.6 is 0 Å². The van der Waals surface area contributed by atoms with Gasteiger partial charge in [-0.2, -0.15) is 0 Å². The zero-order chi connectivity index (χ0) is 33.1. The minimum atomic E-state index is -0.915. The second-order valence-corrected chi connectivity index (χ2v) is 11.7. The summed E-state index contributed by atoms with van der Waals surface area (Å²) < 4.78 is 28.4. The highest BCUT2D eigenvalue weighted by molar-refractivity contribution is 6.00. The number of nitrogens with zero attached hydrogens (tertiary/aromatic N) is 1. The number of esters is 2. The lowest BCUT2D eigenvalue weighted by molar-refractivity contribution is -0.384. The van der Waals surface area contributed by atoms with Crippen LogP contribution in [0.1, 0.15) is 76.8 Å². The van der Waals surface area contributed by atoms with Crippen LogP contribution in [0.4, 0.5) is 5.69 Å². The van der Waals surface area contributed by atoms with Gasteiger partial charge < -0.3 is 29.0 Å². The number of nitro benzene ring substituents is 1. The summed E-state index contributed by atoms with van der Waals surface area (Å²) in [5, 5.41) is 14.6. The summed E-state index contributed by atoms with van der Waals surface area (Å²) in [4.78, 5) is 37.7. The summed E-state index contributed by atoms with van der Waals surface area (Å²) in [7, 11) is 0. The minimum Gasteiger partial charge on any atom is -0.493 e. The van der Waals surface area contributed by atoms with Crippen molar-refractivity contribution in [2.45, 2.75) is 84.5 Å². The minimum absolute atomic E-state index is 0.0647. The Hall–Kier alpha value is -4.22. The number of ether oxygens (including phenoxy) is 5. The third-order valence-electron chi connectivity index (χ3n) is 7.72. The highest BCUT2D eigenvalue weighted by Gasteiger charge is 2.38. The number of carbonyl (C=O) groups excluding carboxylic acids is 2. The Balaban J connectivity index is 1.31. The molecule has 2 atom stereocenters. The molecule has 46 heavy (non-hydrogen) atoms. The quantitative estimate of drug-likeness (QED) is 0.103. The van der Waals surface area contributed by atoms with Gasteiger partial charge in [-0.15, -0.1) is 0 Å². The Bertz CT molecular complexity index is 1430. The van der Waals surface area contributed by atoms with Crippen molar-refractivity contribution in [3.8, 4) is 5.75 Å². The summed E-state index contributed by atoms with van der Waals surface area (Å²) >= 11 is 0. The molecule has 1 N–H and O–H groups in total. The van der Waals surface area contributed by atoms with Gasteiger partial charge in [0, 0.05) is 36.6 Å². The zero-order valence-electron chi connectivity index (χ0n) is 27.0. The van der Waals surface area contributed by atoms with Crippen LogP contribution in [0.2, 0.25) is 0 Å². The third-order valence-corrected chi connectivity index (χ3v) is 7.72. The molecule has 2 aromatic carbocycles. The first-order valence-electron chi connectivity index (χ1n) is 15.9. The van der Waals surface area contributed by atoms with Crippen LogP contribution in [-0.2, 0) is 35.0 Å². The maximum absolute atomic E-state index is 13.5. The standard InChI is InChI=1S/C35H44N2O9/c1-23(2)46-35(39)32-25(4)36-24(3)31(33(32)27-11-7-12-28(22-27)37(40)41)34(38)45-21-9-20-42-29-16-14-26(15-17-29)10-8-19-44-30-13-5-6-18-43-30/h7,11-12,14-17,22-23,30,33,36H,5-6,8-10,13,18-21H2,1-4H3. The van der Waals surface area contributed by atoms with Gasteiger partial charge in [-0.25, -0.2) is 9.59 Å². The fraction of sp³-hybridized carbons (Fsp3) is 0.486. The molecule has 2 unspecified atom stereocenters. The van der Waals surface area contributed by atoms with Gasteiger partial charge in [-0.1, -0.05) is 24.3 Å². The van der Waals surface area contributed by atoms with Crippen molar-refractivity contribution in [1.29, 1.82) is 0 Å². The Morgan fingerprint density at radius 3 is 2.39 bits per heavy atom. The fourth-order valence-electron chi connectivity index (χ4n) is 5.54. The lowest BCUT2D eigenvalue weighted by atomic mass is 9.80. The summed E-state index contributed by atoms with van der Waals surface area (Å²) in [5.74, 6) is -1.44. The topological polar surface area (TPSA) is 135 Å². The zero-order valence-corrected chi connectivity index (χ0v) is 27.0. The molecular weight excluding hydrogens is 592 g/mol. The Kier molecular flexibility index (Phi) is 12.7. The molecule has 0 radical (unpaired) electrons. The number of benzene rings is 2. The largest absolute Gasteiger partial charge is 0.493 e. The van der Waals surface area contributed by atoms with E-state index in [-0.39, 0.29) is 29.7 Å². The number of nitro groups is 1. The van der Waals surface area contributed by atoms with E-state index < -0.39 is 28.9 Å². The Morgan fingerprint density at radius 1 is 0.978 bits per heavy atom. The van der Waals surface area contributed by atoms with Crippen LogP contribution in [0.15, 0.2) is 71.1 Å². The molecule has 2 aromatic rings. The van der Waals surface area contributed by atoms with Crippen molar-refractivity contribution < 1.29 is 38.2 Å². The molecule has 248 valence electrons. The average Bonchev–Trinajstić information content (AvgIpc) is 3.03. The Morgan fingerprint density at radius 2 is 1.72 bits per heavy atom. The molecule has 2 aliphatic heterocycles. The van der Waals surface area contributed by atoms with E-state index in [2.05, 4.69) is 5.32 Å². The molecule has 1 saturated heterocycles. The molecule has 0 amide bonds. The van der Waals surface area contributed by atoms with Crippen molar-refractivity contribution in [3.05, 3.63) is 92.3 Å². The number of hydrogen-bond acceptors (Lipinski definition) is 10. The SMILES string of the molecule is CC1=C(C(=O)OCCCOc2ccc(CCCOC3CCCCO3)cc2)C(c2cccc([N+](=O)[O-])c2)C(C(=O)OC(C)C)=C(C)N1. The maximum Gasteiger partial charge on any atom is 0.337 e. The monoisotopic (exact) mass is 636 g/mol. The van der Waals surface area contributed by atoms with Gasteiger partial charge in [-0.05, 0) is 83.1 Å². The van der Waals surface area contributed by atoms with Crippen molar-refractivity contribution >= 4 is 17.6 Å². The van der Waals surface area contributed by atoms with Crippen LogP contribution < -0.4 is 10.1 Å². The van der Waals surface area contributed by atoms with Crippen molar-refractivity contribution in [1.82, 2.24) is 5.32 Å². The first kappa shape index (κ1) is 34.6. The number of allylic oxidation sites excluding steroid dienone is 2. The second-order valence-electron chi connectivity index (χ2n) is 11.7. The molecule has 4 rings (SSSR count). The van der Waals surface area contributed by atoms with Crippen LogP contribution in [0.25, 0.3) is 0 Å². The fourth-order valence-corrected chi connectivity index (χ4v) is 5.54. The highest BCUT2D eigenvalue weighted by atomic mass is 16.7. The second kappa shape index (κ2) is 16.9. The van der Waals surface area contributed by atoms with Crippen LogP contribution in [0.3, 0.4) is 0 Å². The summed E-state index contributed by atoms with van der Waals surface area (Å²) in [6.45, 7) is 8.72. The number of hydrogen-bond donors (Lipinski definition) is 1. The van der Waals surface area contributed by atoms with Crippen molar-refractivity contribution in [3.63, 3.8) is 0 Å². The molecule has 1 fully saturated rings. The van der Waals surface area contributed by atoms with Gasteiger partial charge in [0.1, 0.15) is 5.75 Å². The summed E-state index contributed by atoms with van der Waals surface area (Å²) in [6.07, 6.45) is 5.01. The number of nitrogens with one attached hydrogen (secondary N) is 1. The van der Waals surface area contributed by atoms with E-state index in [4.69, 9.17) is 23.7 Å². The van der Waals surface area contributed by atoms with E-state index >= 15 is 0 Å². The smallest absolute Gasteiger partial charge is 0.337 e. The number of non-ortho nitro benzene ring substituents is 1. The summed E-state index contributed by atoms with van der Waals surface area (Å²) in [5.41, 5.74) is 2.83. The molecule has 11 heteroatoms. The number of aryl methyl sites for hydroxylation is 1. The highest BCUT2D eigenvalue weighted by Crippen LogP contribution is 2.40.